The Hall–Kier alpha value is -0.990. The van der Waals surface area contributed by atoms with Crippen LogP contribution in [-0.4, -0.2) is 5.97 Å². The van der Waals surface area contributed by atoms with Gasteiger partial charge in [-0.2, -0.15) is 13.8 Å². The maximum Gasteiger partial charge on any atom is 0.215 e. The summed E-state index contributed by atoms with van der Waals surface area (Å²) in [6, 6.07) is 0. The van der Waals surface area contributed by atoms with Gasteiger partial charge in [0, 0.05) is 0 Å². The lowest BCUT2D eigenvalue weighted by molar-refractivity contribution is 0.625. The number of allylic oxidation sites excluding steroid dienone is 2. The van der Waals surface area contributed by atoms with Crippen LogP contribution in [0.4, 0.5) is 8.78 Å². The highest BCUT2D eigenvalue weighted by Crippen LogP contribution is 1.95. The molecule has 0 aromatic rings. The minimum atomic E-state index is -1.02. The molecule has 0 radical (unpaired) electrons. The molecule has 0 aromatic heterocycles. The summed E-state index contributed by atoms with van der Waals surface area (Å²) in [7, 11) is 0. The second kappa shape index (κ2) is 3.95. The monoisotopic (exact) mass is 131 g/mol. The molecule has 0 aromatic carbocycles. The van der Waals surface area contributed by atoms with Gasteiger partial charge in [-0.1, -0.05) is 6.08 Å². The van der Waals surface area contributed by atoms with Crippen LogP contribution in [0.3, 0.4) is 0 Å². The van der Waals surface area contributed by atoms with Gasteiger partial charge in [0.05, 0.1) is 0 Å². The molecule has 50 valence electrons. The van der Waals surface area contributed by atoms with Gasteiger partial charge in [-0.15, -0.1) is 0 Å². The first-order valence-corrected chi connectivity index (χ1v) is 2.38. The van der Waals surface area contributed by atoms with Crippen LogP contribution in [0.15, 0.2) is 29.7 Å². The van der Waals surface area contributed by atoms with E-state index in [4.69, 9.17) is 0 Å². The zero-order valence-corrected chi connectivity index (χ0v) is 5.06. The summed E-state index contributed by atoms with van der Waals surface area (Å²) < 4.78 is 23.6. The van der Waals surface area contributed by atoms with Crippen LogP contribution in [0.5, 0.6) is 0 Å². The van der Waals surface area contributed by atoms with Crippen LogP contribution in [0.1, 0.15) is 6.92 Å². The quantitative estimate of drug-likeness (QED) is 0.403. The molecule has 0 aliphatic heterocycles. The number of rotatable bonds is 2. The average molecular weight is 131 g/mol. The molecular formula is C6H7F2N. The Morgan fingerprint density at radius 1 is 1.56 bits per heavy atom. The molecule has 0 fully saturated rings. The van der Waals surface area contributed by atoms with Crippen LogP contribution < -0.4 is 0 Å². The lowest BCUT2D eigenvalue weighted by Gasteiger charge is -1.81. The van der Waals surface area contributed by atoms with Gasteiger partial charge in [-0.3, -0.25) is 0 Å². The first kappa shape index (κ1) is 8.01. The van der Waals surface area contributed by atoms with E-state index in [1.165, 1.54) is 6.08 Å². The Kier molecular flexibility index (Phi) is 3.51. The van der Waals surface area contributed by atoms with Gasteiger partial charge >= 0.3 is 0 Å². The predicted octanol–water partition coefficient (Wildman–Crippen LogP) is 2.37. The van der Waals surface area contributed by atoms with Crippen LogP contribution in [0.2, 0.25) is 0 Å². The maximum absolute atomic E-state index is 12.0. The smallest absolute Gasteiger partial charge is 0.191 e. The summed E-state index contributed by atoms with van der Waals surface area (Å²) in [5.74, 6) is -1.89. The van der Waals surface area contributed by atoms with Crippen molar-refractivity contribution in [1.82, 2.24) is 0 Å². The number of hydrogen-bond acceptors (Lipinski definition) is 1. The predicted molar refractivity (Wildman–Crippen MR) is 33.6 cm³/mol. The van der Waals surface area contributed by atoms with E-state index in [-0.39, 0.29) is 0 Å². The molecule has 0 heterocycles. The minimum Gasteiger partial charge on any atom is -0.191 e. The Balaban J connectivity index is 4.00. The van der Waals surface area contributed by atoms with Gasteiger partial charge in [0.25, 0.3) is 0 Å². The third kappa shape index (κ3) is 4.87. The topological polar surface area (TPSA) is 12.4 Å². The third-order valence-corrected chi connectivity index (χ3v) is 0.532. The van der Waals surface area contributed by atoms with E-state index in [2.05, 4.69) is 11.6 Å². The number of hydrogen-bond donors (Lipinski definition) is 0. The SMILES string of the molecule is C=C(F)N=C(F)/C=C\C. The lowest BCUT2D eigenvalue weighted by Crippen LogP contribution is -1.79. The molecule has 0 aliphatic rings. The van der Waals surface area contributed by atoms with Crippen LogP contribution >= 0.6 is 0 Å². The summed E-state index contributed by atoms with van der Waals surface area (Å²) >= 11 is 0. The van der Waals surface area contributed by atoms with Gasteiger partial charge in [0.2, 0.25) is 11.9 Å². The molecule has 0 unspecified atom stereocenters. The van der Waals surface area contributed by atoms with Crippen molar-refractivity contribution in [3.63, 3.8) is 0 Å². The van der Waals surface area contributed by atoms with E-state index in [9.17, 15) is 8.78 Å². The van der Waals surface area contributed by atoms with Gasteiger partial charge < -0.3 is 0 Å². The van der Waals surface area contributed by atoms with Crippen molar-refractivity contribution >= 4 is 5.97 Å². The Bertz CT molecular complexity index is 158. The second-order valence-electron chi connectivity index (χ2n) is 1.31. The summed E-state index contributed by atoms with van der Waals surface area (Å²) in [5, 5.41) is 0. The number of halogens is 2. The maximum atomic E-state index is 12.0. The Labute approximate surface area is 52.4 Å². The fraction of sp³-hybridized carbons (Fsp3) is 0.167. The van der Waals surface area contributed by atoms with E-state index in [1.807, 2.05) is 0 Å². The molecular weight excluding hydrogens is 124 g/mol. The molecule has 0 bridgehead atoms. The third-order valence-electron chi connectivity index (χ3n) is 0.532. The van der Waals surface area contributed by atoms with Crippen molar-refractivity contribution in [1.29, 1.82) is 0 Å². The lowest BCUT2D eigenvalue weighted by atomic mass is 10.5. The Morgan fingerprint density at radius 3 is 2.44 bits per heavy atom. The summed E-state index contributed by atoms with van der Waals surface area (Å²) in [5.41, 5.74) is 0. The molecule has 0 rings (SSSR count). The van der Waals surface area contributed by atoms with E-state index < -0.39 is 11.9 Å². The van der Waals surface area contributed by atoms with Gasteiger partial charge in [0.1, 0.15) is 0 Å². The molecule has 0 spiro atoms. The summed E-state index contributed by atoms with van der Waals surface area (Å²) in [4.78, 5) is 2.77. The highest BCUT2D eigenvalue weighted by Gasteiger charge is 1.87. The highest BCUT2D eigenvalue weighted by atomic mass is 19.1. The normalized spacial score (nSPS) is 12.6. The van der Waals surface area contributed by atoms with Gasteiger partial charge in [-0.05, 0) is 19.6 Å². The van der Waals surface area contributed by atoms with Crippen LogP contribution in [-0.2, 0) is 0 Å². The zero-order valence-electron chi connectivity index (χ0n) is 5.06. The summed E-state index contributed by atoms with van der Waals surface area (Å²) in [6.45, 7) is 4.36. The van der Waals surface area contributed by atoms with Gasteiger partial charge in [-0.25, -0.2) is 0 Å². The highest BCUT2D eigenvalue weighted by molar-refractivity contribution is 5.86. The van der Waals surface area contributed by atoms with E-state index in [0.29, 0.717) is 0 Å². The standard InChI is InChI=1S/C6H7F2N/c1-3-4-6(8)9-5(2)7/h3-4H,2H2,1H3/b4-3-,9-6?. The second-order valence-corrected chi connectivity index (χ2v) is 1.31. The number of aliphatic imine (C=N–C) groups is 1. The van der Waals surface area contributed by atoms with Crippen molar-refractivity contribution in [2.75, 3.05) is 0 Å². The molecule has 0 saturated heterocycles. The van der Waals surface area contributed by atoms with Crippen LogP contribution in [0, 0.1) is 0 Å². The zero-order chi connectivity index (χ0) is 7.28. The molecule has 3 heteroatoms. The molecule has 1 nitrogen and oxygen atoms in total. The van der Waals surface area contributed by atoms with E-state index in [0.717, 1.165) is 6.08 Å². The largest absolute Gasteiger partial charge is 0.215 e. The Morgan fingerprint density at radius 2 is 2.11 bits per heavy atom. The first-order chi connectivity index (χ1) is 4.16. The fourth-order valence-electron chi connectivity index (χ4n) is 0.291. The van der Waals surface area contributed by atoms with Crippen LogP contribution in [0.25, 0.3) is 0 Å². The van der Waals surface area contributed by atoms with Crippen molar-refractivity contribution < 1.29 is 8.78 Å². The van der Waals surface area contributed by atoms with Gasteiger partial charge in [0.15, 0.2) is 0 Å². The van der Waals surface area contributed by atoms with Crippen molar-refractivity contribution in [2.24, 2.45) is 4.99 Å². The fourth-order valence-corrected chi connectivity index (χ4v) is 0.291. The first-order valence-electron chi connectivity index (χ1n) is 2.38. The number of nitrogens with zero attached hydrogens (tertiary/aromatic N) is 1. The van der Waals surface area contributed by atoms with E-state index >= 15 is 0 Å². The molecule has 0 atom stereocenters. The van der Waals surface area contributed by atoms with Crippen molar-refractivity contribution in [3.05, 3.63) is 24.7 Å². The molecule has 0 aliphatic carbocycles. The average Bonchev–Trinajstić information content (AvgIpc) is 1.63. The van der Waals surface area contributed by atoms with Crippen molar-refractivity contribution in [3.8, 4) is 0 Å². The minimum absolute atomic E-state index is 0.870. The summed E-state index contributed by atoms with van der Waals surface area (Å²) in [6.07, 6.45) is 2.46. The van der Waals surface area contributed by atoms with Crippen molar-refractivity contribution in [2.45, 2.75) is 6.92 Å². The molecule has 0 amide bonds. The molecule has 0 saturated carbocycles. The molecule has 0 N–H and O–H groups in total. The van der Waals surface area contributed by atoms with E-state index in [1.54, 1.807) is 6.92 Å². The molecule has 9 heavy (non-hydrogen) atoms.